The Kier molecular flexibility index (Phi) is 3.68. The fourth-order valence-electron chi connectivity index (χ4n) is 2.78. The molecule has 1 unspecified atom stereocenters. The van der Waals surface area contributed by atoms with E-state index < -0.39 is 0 Å². The third-order valence-electron chi connectivity index (χ3n) is 3.84. The monoisotopic (exact) mass is 325 g/mol. The van der Waals surface area contributed by atoms with Gasteiger partial charge in [-0.15, -0.1) is 0 Å². The zero-order chi connectivity index (χ0) is 15.1. The van der Waals surface area contributed by atoms with Gasteiger partial charge in [0.2, 0.25) is 5.91 Å². The van der Waals surface area contributed by atoms with Gasteiger partial charge < -0.3 is 4.74 Å². The Bertz CT molecular complexity index is 669. The lowest BCUT2D eigenvalue weighted by Crippen LogP contribution is -2.46. The maximum atomic E-state index is 12.5. The highest BCUT2D eigenvalue weighted by Gasteiger charge is 2.39. The molecule has 1 aromatic rings. The highest BCUT2D eigenvalue weighted by atomic mass is 35.5. The summed E-state index contributed by atoms with van der Waals surface area (Å²) in [5, 5.41) is 0.589. The second-order valence-corrected chi connectivity index (χ2v) is 5.92. The smallest absolute Gasteiger partial charge is 0.260 e. The molecule has 4 nitrogen and oxygen atoms in total. The Hall–Kier alpha value is -1.52. The number of methoxy groups -OCH3 is 1. The van der Waals surface area contributed by atoms with Crippen LogP contribution in [0, 0.1) is 5.92 Å². The number of fused-ring (bicyclic) bond motifs is 1. The van der Waals surface area contributed by atoms with Gasteiger partial charge in [0.15, 0.2) is 0 Å². The Labute approximate surface area is 132 Å². The number of carbonyl (C=O) groups excluding carboxylic acids is 2. The summed E-state index contributed by atoms with van der Waals surface area (Å²) in [6.45, 7) is 0. The van der Waals surface area contributed by atoms with E-state index in [1.807, 2.05) is 0 Å². The molecule has 2 amide bonds. The van der Waals surface area contributed by atoms with Crippen molar-refractivity contribution in [3.8, 4) is 5.75 Å². The Morgan fingerprint density at radius 1 is 1.24 bits per heavy atom. The molecule has 1 aromatic carbocycles. The summed E-state index contributed by atoms with van der Waals surface area (Å²) < 4.78 is 5.14. The Balaban J connectivity index is 2.10. The topological polar surface area (TPSA) is 46.6 Å². The Morgan fingerprint density at radius 3 is 2.71 bits per heavy atom. The van der Waals surface area contributed by atoms with Crippen molar-refractivity contribution in [2.45, 2.75) is 19.3 Å². The molecule has 0 saturated carbocycles. The van der Waals surface area contributed by atoms with E-state index in [2.05, 4.69) is 0 Å². The number of anilines is 1. The van der Waals surface area contributed by atoms with Crippen LogP contribution in [0.4, 0.5) is 5.69 Å². The lowest BCUT2D eigenvalue weighted by molar-refractivity contribution is -0.128. The van der Waals surface area contributed by atoms with Gasteiger partial charge >= 0.3 is 0 Å². The zero-order valence-electron chi connectivity index (χ0n) is 11.4. The molecule has 2 bridgehead atoms. The van der Waals surface area contributed by atoms with E-state index in [1.54, 1.807) is 6.08 Å². The van der Waals surface area contributed by atoms with E-state index >= 15 is 0 Å². The van der Waals surface area contributed by atoms with E-state index in [0.29, 0.717) is 28.5 Å². The number of ether oxygens (including phenoxy) is 1. The summed E-state index contributed by atoms with van der Waals surface area (Å²) in [5.74, 6) is -0.414. The first-order valence-corrected chi connectivity index (χ1v) is 7.40. The fourth-order valence-corrected chi connectivity index (χ4v) is 3.32. The van der Waals surface area contributed by atoms with Gasteiger partial charge in [-0.1, -0.05) is 29.3 Å². The van der Waals surface area contributed by atoms with E-state index in [9.17, 15) is 9.59 Å². The highest BCUT2D eigenvalue weighted by Crippen LogP contribution is 2.40. The maximum absolute atomic E-state index is 12.5. The first kappa shape index (κ1) is 14.4. The molecule has 2 aliphatic rings. The van der Waals surface area contributed by atoms with Crippen LogP contribution in [0.2, 0.25) is 10.0 Å². The lowest BCUT2D eigenvalue weighted by atomic mass is 9.85. The molecule has 1 atom stereocenters. The minimum Gasteiger partial charge on any atom is -0.495 e. The van der Waals surface area contributed by atoms with Crippen molar-refractivity contribution in [2.24, 2.45) is 5.92 Å². The quantitative estimate of drug-likeness (QED) is 0.780. The third-order valence-corrected chi connectivity index (χ3v) is 4.44. The van der Waals surface area contributed by atoms with Crippen LogP contribution in [0.5, 0.6) is 5.75 Å². The van der Waals surface area contributed by atoms with Gasteiger partial charge in [0.1, 0.15) is 5.75 Å². The summed E-state index contributed by atoms with van der Waals surface area (Å²) in [7, 11) is 1.47. The first-order chi connectivity index (χ1) is 10.0. The molecule has 0 aromatic heterocycles. The number of imide groups is 1. The van der Waals surface area contributed by atoms with Crippen molar-refractivity contribution in [3.05, 3.63) is 33.8 Å². The zero-order valence-corrected chi connectivity index (χ0v) is 12.9. The van der Waals surface area contributed by atoms with Crippen molar-refractivity contribution < 1.29 is 14.3 Å². The van der Waals surface area contributed by atoms with Gasteiger partial charge in [0, 0.05) is 11.6 Å². The molecule has 6 heteroatoms. The second-order valence-electron chi connectivity index (χ2n) is 5.11. The molecule has 0 spiro atoms. The molecule has 0 saturated heterocycles. The van der Waals surface area contributed by atoms with E-state index in [4.69, 9.17) is 27.9 Å². The van der Waals surface area contributed by atoms with Gasteiger partial charge in [0.05, 0.1) is 28.8 Å². The van der Waals surface area contributed by atoms with Gasteiger partial charge in [-0.05, 0) is 25.3 Å². The molecule has 1 heterocycles. The maximum Gasteiger partial charge on any atom is 0.260 e. The van der Waals surface area contributed by atoms with Crippen LogP contribution in [0.15, 0.2) is 23.8 Å². The van der Waals surface area contributed by atoms with Crippen molar-refractivity contribution in [1.29, 1.82) is 0 Å². The van der Waals surface area contributed by atoms with Crippen molar-refractivity contribution in [3.63, 3.8) is 0 Å². The number of halogens is 2. The molecule has 1 aliphatic heterocycles. The second kappa shape index (κ2) is 5.35. The molecule has 0 N–H and O–H groups in total. The normalized spacial score (nSPS) is 21.4. The largest absolute Gasteiger partial charge is 0.495 e. The van der Waals surface area contributed by atoms with Crippen LogP contribution in [0.3, 0.4) is 0 Å². The SMILES string of the molecule is COc1cc(N2C(=O)C3=CC(CCC3)C2=O)c(Cl)cc1Cl. The van der Waals surface area contributed by atoms with Gasteiger partial charge in [0.25, 0.3) is 5.91 Å². The molecule has 0 radical (unpaired) electrons. The molecule has 0 fully saturated rings. The standard InChI is InChI=1S/C15H13Cl2NO3/c1-21-13-7-12(10(16)6-11(13)17)18-14(19)8-3-2-4-9(5-8)15(18)20/h5-8H,2-4H2,1H3. The molecular formula is C15H13Cl2NO3. The van der Waals surface area contributed by atoms with E-state index in [-0.39, 0.29) is 22.8 Å². The number of hydrogen-bond donors (Lipinski definition) is 0. The van der Waals surface area contributed by atoms with E-state index in [1.165, 1.54) is 19.2 Å². The lowest BCUT2D eigenvalue weighted by Gasteiger charge is -2.33. The number of hydrogen-bond acceptors (Lipinski definition) is 3. The van der Waals surface area contributed by atoms with Crippen LogP contribution in [-0.4, -0.2) is 18.9 Å². The van der Waals surface area contributed by atoms with E-state index in [0.717, 1.165) is 17.7 Å². The minimum atomic E-state index is -0.303. The summed E-state index contributed by atoms with van der Waals surface area (Å²) in [6, 6.07) is 3.01. The molecular weight excluding hydrogens is 313 g/mol. The third kappa shape index (κ3) is 2.32. The van der Waals surface area contributed by atoms with Gasteiger partial charge in [-0.25, -0.2) is 4.90 Å². The van der Waals surface area contributed by atoms with Crippen LogP contribution in [-0.2, 0) is 9.59 Å². The highest BCUT2D eigenvalue weighted by molar-refractivity contribution is 6.39. The number of rotatable bonds is 2. The molecule has 110 valence electrons. The van der Waals surface area contributed by atoms with Crippen molar-refractivity contribution in [1.82, 2.24) is 0 Å². The molecule has 21 heavy (non-hydrogen) atoms. The predicted octanol–water partition coefficient (Wildman–Crippen LogP) is 3.60. The summed E-state index contributed by atoms with van der Waals surface area (Å²) in [4.78, 5) is 26.2. The number of amides is 2. The van der Waals surface area contributed by atoms with Gasteiger partial charge in [-0.3, -0.25) is 9.59 Å². The van der Waals surface area contributed by atoms with Crippen LogP contribution < -0.4 is 9.64 Å². The first-order valence-electron chi connectivity index (χ1n) is 6.65. The summed E-state index contributed by atoms with van der Waals surface area (Å²) >= 11 is 12.2. The molecule has 3 rings (SSSR count). The summed E-state index contributed by atoms with van der Waals surface area (Å²) in [5.41, 5.74) is 1.00. The fraction of sp³-hybridized carbons (Fsp3) is 0.333. The van der Waals surface area contributed by atoms with Crippen molar-refractivity contribution >= 4 is 40.7 Å². The average Bonchev–Trinajstić information content (AvgIpc) is 2.48. The Morgan fingerprint density at radius 2 is 2.00 bits per heavy atom. The average molecular weight is 326 g/mol. The number of benzene rings is 1. The summed E-state index contributed by atoms with van der Waals surface area (Å²) in [6.07, 6.45) is 4.10. The minimum absolute atomic E-state index is 0.241. The van der Waals surface area contributed by atoms with Crippen LogP contribution in [0.25, 0.3) is 0 Å². The molecule has 1 aliphatic carbocycles. The van der Waals surface area contributed by atoms with Crippen molar-refractivity contribution in [2.75, 3.05) is 12.0 Å². The number of carbonyl (C=O) groups is 2. The predicted molar refractivity (Wildman–Crippen MR) is 80.9 cm³/mol. The number of nitrogens with zero attached hydrogens (tertiary/aromatic N) is 1. The van der Waals surface area contributed by atoms with Crippen LogP contribution in [0.1, 0.15) is 19.3 Å². The van der Waals surface area contributed by atoms with Crippen LogP contribution >= 0.6 is 23.2 Å². The van der Waals surface area contributed by atoms with Gasteiger partial charge in [-0.2, -0.15) is 0 Å².